The highest BCUT2D eigenvalue weighted by molar-refractivity contribution is 7.94. The van der Waals surface area contributed by atoms with Crippen molar-refractivity contribution in [3.63, 3.8) is 0 Å². The van der Waals surface area contributed by atoms with E-state index in [1.807, 2.05) is 0 Å². The summed E-state index contributed by atoms with van der Waals surface area (Å²) in [5.74, 6) is -0.763. The third-order valence-electron chi connectivity index (χ3n) is 2.26. The SMILES string of the molecule is C=CS(=O)(=O)CCC(=O)Nc1ccn(C)c(=O)c1. The number of carbonyl (C=O) groups is 1. The summed E-state index contributed by atoms with van der Waals surface area (Å²) in [5.41, 5.74) is 0.0885. The second kappa shape index (κ2) is 5.63. The van der Waals surface area contributed by atoms with E-state index in [2.05, 4.69) is 11.9 Å². The van der Waals surface area contributed by atoms with Crippen LogP contribution in [0.15, 0.2) is 35.1 Å². The number of rotatable bonds is 5. The number of hydrogen-bond donors (Lipinski definition) is 1. The van der Waals surface area contributed by atoms with E-state index >= 15 is 0 Å². The molecule has 0 aliphatic heterocycles. The maximum atomic E-state index is 11.5. The number of anilines is 1. The maximum absolute atomic E-state index is 11.5. The summed E-state index contributed by atoms with van der Waals surface area (Å²) in [7, 11) is -1.80. The lowest BCUT2D eigenvalue weighted by Gasteiger charge is -2.05. The summed E-state index contributed by atoms with van der Waals surface area (Å²) >= 11 is 0. The Morgan fingerprint density at radius 1 is 1.56 bits per heavy atom. The molecule has 1 aromatic rings. The molecule has 1 rings (SSSR count). The zero-order chi connectivity index (χ0) is 13.8. The number of nitrogens with zero attached hydrogens (tertiary/aromatic N) is 1. The van der Waals surface area contributed by atoms with E-state index in [4.69, 9.17) is 0 Å². The number of sulfone groups is 1. The lowest BCUT2D eigenvalue weighted by molar-refractivity contribution is -0.115. The molecule has 0 unspecified atom stereocenters. The Bertz CT molecular complexity index is 616. The quantitative estimate of drug-likeness (QED) is 0.832. The summed E-state index contributed by atoms with van der Waals surface area (Å²) < 4.78 is 23.6. The summed E-state index contributed by atoms with van der Waals surface area (Å²) in [6.45, 7) is 3.15. The number of amides is 1. The van der Waals surface area contributed by atoms with Crippen molar-refractivity contribution in [2.75, 3.05) is 11.1 Å². The van der Waals surface area contributed by atoms with Crippen LogP contribution in [0.1, 0.15) is 6.42 Å². The van der Waals surface area contributed by atoms with E-state index in [0.717, 1.165) is 5.41 Å². The van der Waals surface area contributed by atoms with Gasteiger partial charge in [0.05, 0.1) is 5.75 Å². The lowest BCUT2D eigenvalue weighted by atomic mass is 10.3. The van der Waals surface area contributed by atoms with Crippen LogP contribution in [0.5, 0.6) is 0 Å². The van der Waals surface area contributed by atoms with Gasteiger partial charge >= 0.3 is 0 Å². The molecule has 1 aromatic heterocycles. The first-order valence-corrected chi connectivity index (χ1v) is 6.87. The number of carbonyl (C=O) groups excluding carboxylic acids is 1. The van der Waals surface area contributed by atoms with Gasteiger partial charge in [0.1, 0.15) is 0 Å². The lowest BCUT2D eigenvalue weighted by Crippen LogP contribution is -2.19. The van der Waals surface area contributed by atoms with Crippen LogP contribution >= 0.6 is 0 Å². The van der Waals surface area contributed by atoms with Gasteiger partial charge in [0.2, 0.25) is 5.91 Å². The van der Waals surface area contributed by atoms with Crippen molar-refractivity contribution >= 4 is 21.4 Å². The number of aryl methyl sites for hydroxylation is 1. The number of hydrogen-bond acceptors (Lipinski definition) is 4. The summed E-state index contributed by atoms with van der Waals surface area (Å²) in [6.07, 6.45) is 1.34. The molecule has 0 saturated carbocycles. The standard InChI is InChI=1S/C11H14N2O4S/c1-3-18(16,17)7-5-10(14)12-9-4-6-13(2)11(15)8-9/h3-4,6,8H,1,5,7H2,2H3,(H,12,14). The van der Waals surface area contributed by atoms with Crippen molar-refractivity contribution in [2.24, 2.45) is 7.05 Å². The van der Waals surface area contributed by atoms with Crippen molar-refractivity contribution in [3.8, 4) is 0 Å². The fraction of sp³-hybridized carbons (Fsp3) is 0.273. The smallest absolute Gasteiger partial charge is 0.252 e. The minimum Gasteiger partial charge on any atom is -0.326 e. The average molecular weight is 270 g/mol. The van der Waals surface area contributed by atoms with Gasteiger partial charge in [-0.25, -0.2) is 8.42 Å². The topological polar surface area (TPSA) is 85.2 Å². The molecule has 98 valence electrons. The van der Waals surface area contributed by atoms with Crippen molar-refractivity contribution in [3.05, 3.63) is 40.7 Å². The van der Waals surface area contributed by atoms with Crippen LogP contribution in [0, 0.1) is 0 Å². The largest absolute Gasteiger partial charge is 0.326 e. The van der Waals surface area contributed by atoms with E-state index in [1.54, 1.807) is 13.1 Å². The molecule has 0 aliphatic carbocycles. The van der Waals surface area contributed by atoms with Crippen molar-refractivity contribution in [2.45, 2.75) is 6.42 Å². The summed E-state index contributed by atoms with van der Waals surface area (Å²) in [6, 6.07) is 2.82. The summed E-state index contributed by atoms with van der Waals surface area (Å²) in [4.78, 5) is 22.7. The first-order valence-electron chi connectivity index (χ1n) is 5.16. The Balaban J connectivity index is 2.63. The van der Waals surface area contributed by atoms with Crippen LogP contribution in [0.3, 0.4) is 0 Å². The Kier molecular flexibility index (Phi) is 4.43. The molecule has 0 radical (unpaired) electrons. The molecule has 1 N–H and O–H groups in total. The minimum atomic E-state index is -3.38. The second-order valence-corrected chi connectivity index (χ2v) is 5.76. The minimum absolute atomic E-state index is 0.177. The fourth-order valence-electron chi connectivity index (χ4n) is 1.17. The highest BCUT2D eigenvalue weighted by Crippen LogP contribution is 2.03. The first kappa shape index (κ1) is 14.2. The van der Waals surface area contributed by atoms with Crippen LogP contribution in [-0.2, 0) is 21.7 Å². The van der Waals surface area contributed by atoms with Gasteiger partial charge in [0.25, 0.3) is 5.56 Å². The molecule has 0 aromatic carbocycles. The Morgan fingerprint density at radius 3 is 2.78 bits per heavy atom. The highest BCUT2D eigenvalue weighted by Gasteiger charge is 2.10. The van der Waals surface area contributed by atoms with Crippen LogP contribution in [0.25, 0.3) is 0 Å². The Labute approximate surface area is 105 Å². The molecule has 0 bridgehead atoms. The van der Waals surface area contributed by atoms with E-state index in [0.29, 0.717) is 5.69 Å². The van der Waals surface area contributed by atoms with Gasteiger partial charge in [0.15, 0.2) is 9.84 Å². The second-order valence-electron chi connectivity index (χ2n) is 3.70. The fourth-order valence-corrected chi connectivity index (χ4v) is 1.80. The van der Waals surface area contributed by atoms with Crippen LogP contribution in [-0.4, -0.2) is 24.6 Å². The molecule has 6 nitrogen and oxygen atoms in total. The molecule has 0 saturated heterocycles. The molecule has 0 fully saturated rings. The predicted molar refractivity (Wildman–Crippen MR) is 68.9 cm³/mol. The van der Waals surface area contributed by atoms with Crippen molar-refractivity contribution in [1.82, 2.24) is 4.57 Å². The number of nitrogens with one attached hydrogen (secondary N) is 1. The van der Waals surface area contributed by atoms with Crippen molar-refractivity contribution < 1.29 is 13.2 Å². The average Bonchev–Trinajstić information content (AvgIpc) is 2.32. The number of aromatic nitrogens is 1. The van der Waals surface area contributed by atoms with Gasteiger partial charge < -0.3 is 9.88 Å². The molecule has 7 heteroatoms. The molecule has 1 amide bonds. The van der Waals surface area contributed by atoms with Gasteiger partial charge in [-0.15, -0.1) is 0 Å². The number of pyridine rings is 1. The zero-order valence-corrected chi connectivity index (χ0v) is 10.7. The van der Waals surface area contributed by atoms with E-state index in [-0.39, 0.29) is 17.7 Å². The van der Waals surface area contributed by atoms with E-state index in [1.165, 1.54) is 16.8 Å². The monoisotopic (exact) mass is 270 g/mol. The Hall–Kier alpha value is -1.89. The van der Waals surface area contributed by atoms with Crippen LogP contribution < -0.4 is 10.9 Å². The van der Waals surface area contributed by atoms with E-state index < -0.39 is 15.7 Å². The van der Waals surface area contributed by atoms with Gasteiger partial charge in [-0.2, -0.15) is 0 Å². The predicted octanol–water partition coefficient (Wildman–Crippen LogP) is 0.272. The molecular weight excluding hydrogens is 256 g/mol. The molecule has 0 atom stereocenters. The molecule has 0 spiro atoms. The van der Waals surface area contributed by atoms with Gasteiger partial charge in [0, 0.05) is 36.8 Å². The van der Waals surface area contributed by atoms with Crippen molar-refractivity contribution in [1.29, 1.82) is 0 Å². The molecule has 1 heterocycles. The first-order chi connectivity index (χ1) is 8.34. The normalized spacial score (nSPS) is 10.9. The van der Waals surface area contributed by atoms with Crippen LogP contribution in [0.4, 0.5) is 5.69 Å². The third kappa shape index (κ3) is 4.17. The molecule has 0 aliphatic rings. The Morgan fingerprint density at radius 2 is 2.22 bits per heavy atom. The van der Waals surface area contributed by atoms with Crippen LogP contribution in [0.2, 0.25) is 0 Å². The van der Waals surface area contributed by atoms with E-state index in [9.17, 15) is 18.0 Å². The van der Waals surface area contributed by atoms with Gasteiger partial charge in [-0.3, -0.25) is 9.59 Å². The maximum Gasteiger partial charge on any atom is 0.252 e. The molecule has 18 heavy (non-hydrogen) atoms. The van der Waals surface area contributed by atoms with Gasteiger partial charge in [-0.1, -0.05) is 6.58 Å². The van der Waals surface area contributed by atoms with Gasteiger partial charge in [-0.05, 0) is 6.07 Å². The highest BCUT2D eigenvalue weighted by atomic mass is 32.2. The third-order valence-corrected chi connectivity index (χ3v) is 3.54. The summed E-state index contributed by atoms with van der Waals surface area (Å²) in [5, 5.41) is 3.27. The molecular formula is C11H14N2O4S. The zero-order valence-electron chi connectivity index (χ0n) is 9.92.